The fourth-order valence-electron chi connectivity index (χ4n) is 3.97. The summed E-state index contributed by atoms with van der Waals surface area (Å²) in [5, 5.41) is 0.519. The molecule has 21 heavy (non-hydrogen) atoms. The van der Waals surface area contributed by atoms with Crippen molar-refractivity contribution in [3.63, 3.8) is 0 Å². The van der Waals surface area contributed by atoms with E-state index in [1.165, 1.54) is 32.1 Å². The first kappa shape index (κ1) is 15.2. The van der Waals surface area contributed by atoms with Gasteiger partial charge in [-0.25, -0.2) is 4.98 Å². The van der Waals surface area contributed by atoms with Crippen molar-refractivity contribution in [3.05, 3.63) is 29.0 Å². The zero-order valence-electron chi connectivity index (χ0n) is 12.4. The van der Waals surface area contributed by atoms with Crippen LogP contribution in [0.1, 0.15) is 56.6 Å². The first-order valence-corrected chi connectivity index (χ1v) is 8.32. The zero-order chi connectivity index (χ0) is 14.7. The summed E-state index contributed by atoms with van der Waals surface area (Å²) in [6, 6.07) is 3.97. The monoisotopic (exact) mass is 309 g/mol. The maximum Gasteiger partial charge on any atom is 0.129 e. The number of nitrogens with one attached hydrogen (secondary N) is 1. The fourth-order valence-corrected chi connectivity index (χ4v) is 4.08. The first-order chi connectivity index (χ1) is 10.2. The largest absolute Gasteiger partial charge is 0.375 e. The van der Waals surface area contributed by atoms with Gasteiger partial charge in [0.15, 0.2) is 0 Å². The van der Waals surface area contributed by atoms with E-state index in [2.05, 4.69) is 10.4 Å². The van der Waals surface area contributed by atoms with E-state index in [0.29, 0.717) is 11.1 Å². The van der Waals surface area contributed by atoms with Crippen LogP contribution >= 0.6 is 11.6 Å². The number of aromatic nitrogens is 1. The van der Waals surface area contributed by atoms with Gasteiger partial charge < -0.3 is 4.74 Å². The highest BCUT2D eigenvalue weighted by atomic mass is 35.5. The third kappa shape index (κ3) is 3.39. The molecule has 3 rings (SSSR count). The van der Waals surface area contributed by atoms with Crippen LogP contribution in [0.5, 0.6) is 0 Å². The lowest BCUT2D eigenvalue weighted by Gasteiger charge is -2.45. The zero-order valence-corrected chi connectivity index (χ0v) is 13.1. The summed E-state index contributed by atoms with van der Waals surface area (Å²) < 4.78 is 6.18. The van der Waals surface area contributed by atoms with Gasteiger partial charge in [-0.05, 0) is 43.2 Å². The van der Waals surface area contributed by atoms with Gasteiger partial charge in [-0.15, -0.1) is 0 Å². The Hall–Kier alpha value is -0.680. The molecule has 2 heterocycles. The Bertz CT molecular complexity index is 454. The molecule has 3 N–H and O–H groups in total. The molecule has 2 aliphatic rings. The third-order valence-electron chi connectivity index (χ3n) is 5.06. The molecule has 1 aliphatic carbocycles. The Morgan fingerprint density at radius 3 is 2.81 bits per heavy atom. The number of hydrogen-bond donors (Lipinski definition) is 2. The van der Waals surface area contributed by atoms with Crippen LogP contribution in [0.2, 0.25) is 5.15 Å². The van der Waals surface area contributed by atoms with Crippen LogP contribution in [0, 0.1) is 5.92 Å². The second-order valence-electron chi connectivity index (χ2n) is 6.40. The lowest BCUT2D eigenvalue weighted by Crippen LogP contribution is -2.45. The summed E-state index contributed by atoms with van der Waals surface area (Å²) >= 11 is 5.88. The lowest BCUT2D eigenvalue weighted by molar-refractivity contribution is -0.122. The number of nitrogens with two attached hydrogens (primary N) is 1. The summed E-state index contributed by atoms with van der Waals surface area (Å²) in [5.74, 6) is 6.33. The highest BCUT2D eigenvalue weighted by Gasteiger charge is 2.40. The molecule has 2 atom stereocenters. The van der Waals surface area contributed by atoms with Gasteiger partial charge in [0.05, 0.1) is 11.6 Å². The molecule has 0 aromatic carbocycles. The van der Waals surface area contributed by atoms with E-state index >= 15 is 0 Å². The summed E-state index contributed by atoms with van der Waals surface area (Å²) in [4.78, 5) is 4.19. The number of nitrogens with zero attached hydrogens (tertiary/aromatic N) is 1. The van der Waals surface area contributed by atoms with Gasteiger partial charge in [-0.3, -0.25) is 11.3 Å². The van der Waals surface area contributed by atoms with E-state index < -0.39 is 0 Å². The van der Waals surface area contributed by atoms with Gasteiger partial charge in [0.25, 0.3) is 0 Å². The lowest BCUT2D eigenvalue weighted by atomic mass is 9.73. The molecule has 4 nitrogen and oxygen atoms in total. The van der Waals surface area contributed by atoms with E-state index in [0.717, 1.165) is 25.0 Å². The summed E-state index contributed by atoms with van der Waals surface area (Å²) in [6.07, 6.45) is 10.3. The highest BCUT2D eigenvalue weighted by Crippen LogP contribution is 2.44. The van der Waals surface area contributed by atoms with E-state index in [1.54, 1.807) is 0 Å². The SMILES string of the molecule is NNC(c1ccc(Cl)nc1)C1CCOC2(CCCCC2)C1. The van der Waals surface area contributed by atoms with Crippen molar-refractivity contribution in [1.82, 2.24) is 10.4 Å². The Morgan fingerprint density at radius 2 is 2.14 bits per heavy atom. The normalized spacial score (nSPS) is 26.7. The molecule has 5 heteroatoms. The summed E-state index contributed by atoms with van der Waals surface area (Å²) in [6.45, 7) is 0.837. The molecule has 1 saturated heterocycles. The molecule has 0 bridgehead atoms. The van der Waals surface area contributed by atoms with Crippen molar-refractivity contribution in [2.75, 3.05) is 6.61 Å². The van der Waals surface area contributed by atoms with Gasteiger partial charge in [0.1, 0.15) is 5.15 Å². The number of halogens is 1. The number of hydrazine groups is 1. The van der Waals surface area contributed by atoms with Crippen molar-refractivity contribution in [2.24, 2.45) is 11.8 Å². The summed E-state index contributed by atoms with van der Waals surface area (Å²) in [5.41, 5.74) is 4.20. The molecule has 1 spiro atoms. The van der Waals surface area contributed by atoms with Crippen LogP contribution in [0.25, 0.3) is 0 Å². The van der Waals surface area contributed by atoms with Crippen LogP contribution in [-0.4, -0.2) is 17.2 Å². The Balaban J connectivity index is 1.75. The van der Waals surface area contributed by atoms with Gasteiger partial charge in [-0.2, -0.15) is 0 Å². The fraction of sp³-hybridized carbons (Fsp3) is 0.688. The Labute approximate surface area is 131 Å². The van der Waals surface area contributed by atoms with Crippen molar-refractivity contribution in [1.29, 1.82) is 0 Å². The number of hydrogen-bond acceptors (Lipinski definition) is 4. The molecule has 2 fully saturated rings. The Kier molecular flexibility index (Phi) is 4.79. The van der Waals surface area contributed by atoms with E-state index in [4.69, 9.17) is 22.2 Å². The molecule has 1 aromatic heterocycles. The topological polar surface area (TPSA) is 60.2 Å². The summed E-state index contributed by atoms with van der Waals surface area (Å²) in [7, 11) is 0. The number of ether oxygens (including phenoxy) is 1. The van der Waals surface area contributed by atoms with Crippen molar-refractivity contribution in [3.8, 4) is 0 Å². The third-order valence-corrected chi connectivity index (χ3v) is 5.28. The molecule has 2 unspecified atom stereocenters. The predicted molar refractivity (Wildman–Crippen MR) is 83.8 cm³/mol. The molecular formula is C16H24ClN3O. The first-order valence-electron chi connectivity index (χ1n) is 7.94. The van der Waals surface area contributed by atoms with Crippen LogP contribution in [0.15, 0.2) is 18.3 Å². The van der Waals surface area contributed by atoms with Gasteiger partial charge >= 0.3 is 0 Å². The van der Waals surface area contributed by atoms with Gasteiger partial charge in [-0.1, -0.05) is 36.9 Å². The van der Waals surface area contributed by atoms with E-state index in [-0.39, 0.29) is 11.6 Å². The minimum Gasteiger partial charge on any atom is -0.375 e. The van der Waals surface area contributed by atoms with Crippen LogP contribution in [0.4, 0.5) is 0 Å². The number of rotatable bonds is 3. The van der Waals surface area contributed by atoms with Gasteiger partial charge in [0, 0.05) is 12.8 Å². The minimum absolute atomic E-state index is 0.0934. The molecule has 0 radical (unpaired) electrons. The maximum atomic E-state index is 6.18. The van der Waals surface area contributed by atoms with E-state index in [1.807, 2.05) is 18.3 Å². The average molecular weight is 310 g/mol. The molecule has 1 saturated carbocycles. The minimum atomic E-state index is 0.0934. The van der Waals surface area contributed by atoms with Crippen molar-refractivity contribution in [2.45, 2.75) is 56.6 Å². The standard InChI is InChI=1S/C16H24ClN3O/c17-14-5-4-13(11-19-14)15(20-18)12-6-9-21-16(10-12)7-2-1-3-8-16/h4-5,11-12,15,20H,1-3,6-10,18H2. The molecule has 0 amide bonds. The molecular weight excluding hydrogens is 286 g/mol. The molecule has 116 valence electrons. The maximum absolute atomic E-state index is 6.18. The smallest absolute Gasteiger partial charge is 0.129 e. The molecule has 1 aliphatic heterocycles. The second kappa shape index (κ2) is 6.61. The molecule has 1 aromatic rings. The van der Waals surface area contributed by atoms with Gasteiger partial charge in [0.2, 0.25) is 0 Å². The van der Waals surface area contributed by atoms with Crippen molar-refractivity contribution >= 4 is 11.6 Å². The van der Waals surface area contributed by atoms with Crippen LogP contribution in [-0.2, 0) is 4.74 Å². The van der Waals surface area contributed by atoms with E-state index in [9.17, 15) is 0 Å². The number of pyridine rings is 1. The van der Waals surface area contributed by atoms with Crippen molar-refractivity contribution < 1.29 is 4.74 Å². The predicted octanol–water partition coefficient (Wildman–Crippen LogP) is 3.37. The van der Waals surface area contributed by atoms with Crippen LogP contribution in [0.3, 0.4) is 0 Å². The highest BCUT2D eigenvalue weighted by molar-refractivity contribution is 6.29. The Morgan fingerprint density at radius 1 is 1.33 bits per heavy atom. The average Bonchev–Trinajstić information content (AvgIpc) is 2.51. The van der Waals surface area contributed by atoms with Crippen LogP contribution < -0.4 is 11.3 Å². The second-order valence-corrected chi connectivity index (χ2v) is 6.79. The quantitative estimate of drug-likeness (QED) is 0.510.